The molecule has 4 heteroatoms. The third-order valence-electron chi connectivity index (χ3n) is 1.83. The smallest absolute Gasteiger partial charge is 0.170 e. The lowest BCUT2D eigenvalue weighted by molar-refractivity contribution is 0.0992. The molecule has 0 amide bonds. The van der Waals surface area contributed by atoms with Crippen molar-refractivity contribution in [3.63, 3.8) is 0 Å². The molecular weight excluding hydrogens is 196 g/mol. The Bertz CT molecular complexity index is 411. The molecule has 14 heavy (non-hydrogen) atoms. The van der Waals surface area contributed by atoms with Crippen LogP contribution < -0.4 is 0 Å². The third kappa shape index (κ3) is 2.03. The summed E-state index contributed by atoms with van der Waals surface area (Å²) in [5.74, 6) is 0.0593. The Kier molecular flexibility index (Phi) is 2.65. The summed E-state index contributed by atoms with van der Waals surface area (Å²) in [6, 6.07) is 1.95. The monoisotopic (exact) mass is 204 g/mol. The van der Waals surface area contributed by atoms with E-state index in [-0.39, 0.29) is 5.78 Å². The minimum absolute atomic E-state index is 0.0593. The highest BCUT2D eigenvalue weighted by molar-refractivity contribution is 7.08. The van der Waals surface area contributed by atoms with Gasteiger partial charge in [-0.05, 0) is 22.4 Å². The van der Waals surface area contributed by atoms with Gasteiger partial charge < -0.3 is 0 Å². The molecule has 0 N–H and O–H groups in total. The third-order valence-corrected chi connectivity index (χ3v) is 2.56. The number of aromatic nitrogens is 2. The van der Waals surface area contributed by atoms with Crippen LogP contribution in [0.2, 0.25) is 0 Å². The zero-order valence-electron chi connectivity index (χ0n) is 7.38. The Morgan fingerprint density at radius 2 is 2.14 bits per heavy atom. The Labute approximate surface area is 85.5 Å². The van der Waals surface area contributed by atoms with E-state index in [0.717, 1.165) is 5.56 Å². The Hall–Kier alpha value is -1.55. The minimum atomic E-state index is 0.0593. The highest BCUT2D eigenvalue weighted by Crippen LogP contribution is 2.09. The molecule has 0 bridgehead atoms. The first kappa shape index (κ1) is 9.02. The van der Waals surface area contributed by atoms with Crippen LogP contribution in [-0.4, -0.2) is 15.8 Å². The van der Waals surface area contributed by atoms with Gasteiger partial charge in [0.2, 0.25) is 0 Å². The summed E-state index contributed by atoms with van der Waals surface area (Å²) in [6.07, 6.45) is 4.93. The largest absolute Gasteiger partial charge is 0.294 e. The molecule has 0 aliphatic heterocycles. The number of hydrogen-bond donors (Lipinski definition) is 0. The molecule has 0 aliphatic carbocycles. The van der Waals surface area contributed by atoms with E-state index in [9.17, 15) is 4.79 Å². The van der Waals surface area contributed by atoms with Crippen molar-refractivity contribution in [1.82, 2.24) is 9.97 Å². The number of hydrogen-bond acceptors (Lipinski definition) is 4. The lowest BCUT2D eigenvalue weighted by Crippen LogP contribution is -2.03. The van der Waals surface area contributed by atoms with E-state index in [1.165, 1.54) is 6.33 Å². The van der Waals surface area contributed by atoms with Gasteiger partial charge in [-0.15, -0.1) is 0 Å². The molecule has 2 aromatic heterocycles. The number of rotatable bonds is 3. The lowest BCUT2D eigenvalue weighted by Gasteiger charge is -1.96. The first-order valence-electron chi connectivity index (χ1n) is 4.15. The van der Waals surface area contributed by atoms with E-state index >= 15 is 0 Å². The highest BCUT2D eigenvalue weighted by Gasteiger charge is 2.06. The van der Waals surface area contributed by atoms with Crippen LogP contribution in [0.25, 0.3) is 0 Å². The van der Waals surface area contributed by atoms with Crippen molar-refractivity contribution in [3.8, 4) is 0 Å². The lowest BCUT2D eigenvalue weighted by atomic mass is 10.1. The van der Waals surface area contributed by atoms with Crippen LogP contribution in [-0.2, 0) is 6.42 Å². The molecule has 0 radical (unpaired) electrons. The van der Waals surface area contributed by atoms with E-state index in [1.807, 2.05) is 16.8 Å². The minimum Gasteiger partial charge on any atom is -0.294 e. The highest BCUT2D eigenvalue weighted by atomic mass is 32.1. The van der Waals surface area contributed by atoms with Crippen LogP contribution in [0.3, 0.4) is 0 Å². The fourth-order valence-corrected chi connectivity index (χ4v) is 1.79. The van der Waals surface area contributed by atoms with Crippen molar-refractivity contribution in [2.75, 3.05) is 0 Å². The molecule has 70 valence electrons. The molecule has 0 unspecified atom stereocenters. The molecule has 0 aliphatic rings. The van der Waals surface area contributed by atoms with Crippen LogP contribution in [0.5, 0.6) is 0 Å². The van der Waals surface area contributed by atoms with E-state index in [1.54, 1.807) is 23.7 Å². The molecule has 2 heterocycles. The summed E-state index contributed by atoms with van der Waals surface area (Å²) in [5, 5.41) is 3.94. The number of thiophene rings is 1. The Morgan fingerprint density at radius 3 is 2.79 bits per heavy atom. The molecule has 0 fully saturated rings. The quantitative estimate of drug-likeness (QED) is 0.718. The fourth-order valence-electron chi connectivity index (χ4n) is 1.12. The number of ketones is 1. The van der Waals surface area contributed by atoms with Gasteiger partial charge in [-0.25, -0.2) is 9.97 Å². The van der Waals surface area contributed by atoms with Gasteiger partial charge in [-0.3, -0.25) is 4.79 Å². The number of Topliss-reactive ketones (excluding diaryl/α,β-unsaturated/α-hetero) is 1. The van der Waals surface area contributed by atoms with Gasteiger partial charge in [0.1, 0.15) is 6.33 Å². The van der Waals surface area contributed by atoms with Gasteiger partial charge in [-0.1, -0.05) is 0 Å². The summed E-state index contributed by atoms with van der Waals surface area (Å²) < 4.78 is 0. The summed E-state index contributed by atoms with van der Waals surface area (Å²) >= 11 is 1.59. The summed E-state index contributed by atoms with van der Waals surface area (Å²) in [4.78, 5) is 19.2. The maximum atomic E-state index is 11.6. The normalized spacial score (nSPS) is 10.0. The fraction of sp³-hybridized carbons (Fsp3) is 0.100. The van der Waals surface area contributed by atoms with Crippen molar-refractivity contribution in [1.29, 1.82) is 0 Å². The van der Waals surface area contributed by atoms with Crippen molar-refractivity contribution >= 4 is 17.1 Å². The topological polar surface area (TPSA) is 42.9 Å². The van der Waals surface area contributed by atoms with E-state index in [0.29, 0.717) is 12.0 Å². The van der Waals surface area contributed by atoms with Crippen molar-refractivity contribution in [2.45, 2.75) is 6.42 Å². The van der Waals surface area contributed by atoms with Crippen LogP contribution in [0, 0.1) is 0 Å². The SMILES string of the molecule is O=C(Cc1ccsc1)c1cncnc1. The van der Waals surface area contributed by atoms with Crippen molar-refractivity contribution in [3.05, 3.63) is 46.7 Å². The molecule has 3 nitrogen and oxygen atoms in total. The summed E-state index contributed by atoms with van der Waals surface area (Å²) in [5.41, 5.74) is 1.61. The maximum absolute atomic E-state index is 11.6. The molecule has 0 aromatic carbocycles. The second-order valence-corrected chi connectivity index (χ2v) is 3.64. The molecular formula is C10H8N2OS. The zero-order valence-corrected chi connectivity index (χ0v) is 8.20. The Morgan fingerprint density at radius 1 is 1.36 bits per heavy atom. The van der Waals surface area contributed by atoms with Crippen LogP contribution in [0.15, 0.2) is 35.5 Å². The standard InChI is InChI=1S/C10H8N2OS/c13-10(3-8-1-2-14-6-8)9-4-11-7-12-5-9/h1-2,4-7H,3H2. The van der Waals surface area contributed by atoms with E-state index in [2.05, 4.69) is 9.97 Å². The number of nitrogens with zero attached hydrogens (tertiary/aromatic N) is 2. The second-order valence-electron chi connectivity index (χ2n) is 2.86. The van der Waals surface area contributed by atoms with E-state index < -0.39 is 0 Å². The maximum Gasteiger partial charge on any atom is 0.170 e. The van der Waals surface area contributed by atoms with Crippen molar-refractivity contribution in [2.24, 2.45) is 0 Å². The van der Waals surface area contributed by atoms with Gasteiger partial charge in [0.25, 0.3) is 0 Å². The molecule has 0 saturated heterocycles. The number of carbonyl (C=O) groups is 1. The number of carbonyl (C=O) groups excluding carboxylic acids is 1. The van der Waals surface area contributed by atoms with Gasteiger partial charge >= 0.3 is 0 Å². The first-order valence-corrected chi connectivity index (χ1v) is 5.10. The van der Waals surface area contributed by atoms with Gasteiger partial charge in [0.05, 0.1) is 5.56 Å². The van der Waals surface area contributed by atoms with E-state index in [4.69, 9.17) is 0 Å². The predicted molar refractivity (Wildman–Crippen MR) is 54.4 cm³/mol. The predicted octanol–water partition coefficient (Wildman–Crippen LogP) is 1.96. The second kappa shape index (κ2) is 4.11. The van der Waals surface area contributed by atoms with Gasteiger partial charge in [-0.2, -0.15) is 11.3 Å². The summed E-state index contributed by atoms with van der Waals surface area (Å²) in [7, 11) is 0. The van der Waals surface area contributed by atoms with Crippen LogP contribution >= 0.6 is 11.3 Å². The van der Waals surface area contributed by atoms with Gasteiger partial charge in [0, 0.05) is 18.8 Å². The zero-order chi connectivity index (χ0) is 9.80. The molecule has 0 saturated carbocycles. The average Bonchev–Trinajstić information content (AvgIpc) is 2.72. The van der Waals surface area contributed by atoms with Crippen LogP contribution in [0.4, 0.5) is 0 Å². The van der Waals surface area contributed by atoms with Crippen molar-refractivity contribution < 1.29 is 4.79 Å². The first-order chi connectivity index (χ1) is 6.86. The summed E-state index contributed by atoms with van der Waals surface area (Å²) in [6.45, 7) is 0. The van der Waals surface area contributed by atoms with Crippen LogP contribution in [0.1, 0.15) is 15.9 Å². The van der Waals surface area contributed by atoms with Gasteiger partial charge in [0.15, 0.2) is 5.78 Å². The molecule has 0 atom stereocenters. The Balaban J connectivity index is 2.11. The molecule has 0 spiro atoms. The average molecular weight is 204 g/mol. The molecule has 2 rings (SSSR count). The molecule has 2 aromatic rings.